The Morgan fingerprint density at radius 3 is 2.62 bits per heavy atom. The molecule has 0 aromatic heterocycles. The molecule has 3 fully saturated rings. The number of primary amides is 1. The first kappa shape index (κ1) is 19.1. The lowest BCUT2D eigenvalue weighted by Gasteiger charge is -2.21. The Kier molecular flexibility index (Phi) is 5.00. The molecule has 0 aromatic carbocycles. The third kappa shape index (κ3) is 4.01. The Balaban J connectivity index is 1.68. The van der Waals surface area contributed by atoms with Gasteiger partial charge in [0.25, 0.3) is 0 Å². The van der Waals surface area contributed by atoms with Gasteiger partial charge in [0, 0.05) is 24.9 Å². The second-order valence-electron chi connectivity index (χ2n) is 7.53. The summed E-state index contributed by atoms with van der Waals surface area (Å²) in [7, 11) is 0. The second kappa shape index (κ2) is 6.80. The topological polar surface area (TPSA) is 111 Å². The summed E-state index contributed by atoms with van der Waals surface area (Å²) in [6.07, 6.45) is -3.02. The van der Waals surface area contributed by atoms with Crippen molar-refractivity contribution < 1.29 is 32.3 Å². The molecule has 146 valence electrons. The quantitative estimate of drug-likeness (QED) is 0.582. The van der Waals surface area contributed by atoms with Gasteiger partial charge in [-0.15, -0.1) is 13.2 Å². The zero-order valence-electron chi connectivity index (χ0n) is 14.1. The van der Waals surface area contributed by atoms with Crippen LogP contribution in [-0.4, -0.2) is 49.7 Å². The van der Waals surface area contributed by atoms with Crippen molar-refractivity contribution in [1.29, 1.82) is 0 Å². The van der Waals surface area contributed by atoms with Gasteiger partial charge in [0.15, 0.2) is 5.78 Å². The van der Waals surface area contributed by atoms with E-state index < -0.39 is 36.6 Å². The van der Waals surface area contributed by atoms with E-state index in [1.807, 2.05) is 0 Å². The lowest BCUT2D eigenvalue weighted by molar-refractivity contribution is -0.321. The van der Waals surface area contributed by atoms with Crippen LogP contribution in [-0.2, 0) is 19.1 Å². The van der Waals surface area contributed by atoms with E-state index >= 15 is 0 Å². The number of ketones is 1. The Bertz CT molecular complexity index is 612. The average molecular weight is 377 g/mol. The monoisotopic (exact) mass is 377 g/mol. The fraction of sp³-hybridized carbons (Fsp3) is 0.812. The van der Waals surface area contributed by atoms with E-state index in [9.17, 15) is 27.6 Å². The van der Waals surface area contributed by atoms with E-state index in [1.54, 1.807) is 0 Å². The zero-order valence-corrected chi connectivity index (χ0v) is 14.1. The maximum absolute atomic E-state index is 12.5. The number of rotatable bonds is 7. The van der Waals surface area contributed by atoms with Crippen molar-refractivity contribution >= 4 is 17.6 Å². The van der Waals surface area contributed by atoms with Crippen LogP contribution in [0.25, 0.3) is 0 Å². The van der Waals surface area contributed by atoms with Crippen molar-refractivity contribution in [2.75, 3.05) is 19.7 Å². The van der Waals surface area contributed by atoms with E-state index in [1.165, 1.54) is 0 Å². The molecule has 0 bridgehead atoms. The van der Waals surface area contributed by atoms with Crippen LogP contribution in [0.4, 0.5) is 13.2 Å². The fourth-order valence-corrected chi connectivity index (χ4v) is 4.42. The van der Waals surface area contributed by atoms with E-state index in [4.69, 9.17) is 5.73 Å². The van der Waals surface area contributed by atoms with Crippen LogP contribution in [0.5, 0.6) is 0 Å². The maximum Gasteiger partial charge on any atom is 0.522 e. The molecule has 5 atom stereocenters. The Labute approximate surface area is 148 Å². The van der Waals surface area contributed by atoms with Gasteiger partial charge in [0.2, 0.25) is 11.8 Å². The molecule has 2 aliphatic heterocycles. The van der Waals surface area contributed by atoms with Gasteiger partial charge >= 0.3 is 6.36 Å². The van der Waals surface area contributed by atoms with Crippen LogP contribution < -0.4 is 16.4 Å². The summed E-state index contributed by atoms with van der Waals surface area (Å²) in [6, 6.07) is -0.489. The summed E-state index contributed by atoms with van der Waals surface area (Å²) in [4.78, 5) is 35.6. The number of ether oxygens (including phenoxy) is 1. The Morgan fingerprint density at radius 1 is 1.35 bits per heavy atom. The van der Waals surface area contributed by atoms with E-state index in [0.29, 0.717) is 32.4 Å². The highest BCUT2D eigenvalue weighted by Crippen LogP contribution is 2.62. The Morgan fingerprint density at radius 2 is 2.08 bits per heavy atom. The maximum atomic E-state index is 12.5. The number of halogens is 3. The van der Waals surface area contributed by atoms with E-state index in [0.717, 1.165) is 0 Å². The number of nitrogens with one attached hydrogen (secondary N) is 2. The smallest absolute Gasteiger partial charge is 0.368 e. The normalized spacial score (nSPS) is 34.7. The first-order valence-corrected chi connectivity index (χ1v) is 8.65. The number of alkyl halides is 3. The summed E-state index contributed by atoms with van der Waals surface area (Å²) in [5.41, 5.74) is 5.00. The van der Waals surface area contributed by atoms with Crippen molar-refractivity contribution in [2.24, 2.45) is 28.9 Å². The number of amides is 2. The minimum absolute atomic E-state index is 0.169. The predicted molar refractivity (Wildman–Crippen MR) is 82.4 cm³/mol. The lowest BCUT2D eigenvalue weighted by atomic mass is 9.83. The molecule has 1 spiro atoms. The van der Waals surface area contributed by atoms with E-state index in [-0.39, 0.29) is 29.6 Å². The van der Waals surface area contributed by atoms with Crippen LogP contribution in [0.15, 0.2) is 0 Å². The molecule has 1 saturated carbocycles. The van der Waals surface area contributed by atoms with Gasteiger partial charge in [-0.3, -0.25) is 19.1 Å². The molecule has 10 heteroatoms. The molecule has 26 heavy (non-hydrogen) atoms. The van der Waals surface area contributed by atoms with Crippen LogP contribution in [0.1, 0.15) is 25.7 Å². The number of hydrogen-bond donors (Lipinski definition) is 3. The largest absolute Gasteiger partial charge is 0.522 e. The third-order valence-corrected chi connectivity index (χ3v) is 5.89. The summed E-state index contributed by atoms with van der Waals surface area (Å²) in [6.45, 7) is -0.0572. The minimum atomic E-state index is -4.88. The minimum Gasteiger partial charge on any atom is -0.368 e. The fourth-order valence-electron chi connectivity index (χ4n) is 4.42. The van der Waals surface area contributed by atoms with Gasteiger partial charge < -0.3 is 16.4 Å². The van der Waals surface area contributed by atoms with Crippen molar-refractivity contribution in [1.82, 2.24) is 10.6 Å². The lowest BCUT2D eigenvalue weighted by Crippen LogP contribution is -2.36. The van der Waals surface area contributed by atoms with Gasteiger partial charge in [-0.2, -0.15) is 0 Å². The molecule has 2 heterocycles. The van der Waals surface area contributed by atoms with Gasteiger partial charge in [-0.05, 0) is 37.0 Å². The molecule has 1 aliphatic carbocycles. The summed E-state index contributed by atoms with van der Waals surface area (Å²) in [5, 5.41) is 5.69. The van der Waals surface area contributed by atoms with Gasteiger partial charge in [0.1, 0.15) is 6.61 Å². The highest BCUT2D eigenvalue weighted by molar-refractivity contribution is 5.85. The highest BCUT2D eigenvalue weighted by Gasteiger charge is 2.62. The number of carbonyl (C=O) groups excluding carboxylic acids is 3. The second-order valence-corrected chi connectivity index (χ2v) is 7.53. The average Bonchev–Trinajstić information content (AvgIpc) is 2.86. The van der Waals surface area contributed by atoms with E-state index in [2.05, 4.69) is 15.4 Å². The highest BCUT2D eigenvalue weighted by atomic mass is 19.4. The predicted octanol–water partition coefficient (Wildman–Crippen LogP) is 0.0878. The molecule has 2 amide bonds. The number of Topliss-reactive ketones (excluding diaryl/α,β-unsaturated/α-hetero) is 1. The number of carbonyl (C=O) groups is 3. The summed E-state index contributed by atoms with van der Waals surface area (Å²) < 4.78 is 40.6. The molecule has 7 nitrogen and oxygen atoms in total. The van der Waals surface area contributed by atoms with Crippen molar-refractivity contribution in [2.45, 2.75) is 38.1 Å². The van der Waals surface area contributed by atoms with Gasteiger partial charge in [-0.1, -0.05) is 0 Å². The summed E-state index contributed by atoms with van der Waals surface area (Å²) in [5.74, 6) is -2.54. The SMILES string of the molecule is NC(=O)C1CC2(CN1)CC2[C@H](C[C@@H]1CCNC1=O)C(=O)COC(F)(F)F. The molecule has 0 aromatic rings. The zero-order chi connectivity index (χ0) is 19.1. The molecule has 0 radical (unpaired) electrons. The van der Waals surface area contributed by atoms with Crippen molar-refractivity contribution in [3.63, 3.8) is 0 Å². The van der Waals surface area contributed by atoms with Gasteiger partial charge in [-0.25, -0.2) is 0 Å². The molecular formula is C16H22F3N3O4. The van der Waals surface area contributed by atoms with Crippen LogP contribution in [0.3, 0.4) is 0 Å². The summed E-state index contributed by atoms with van der Waals surface area (Å²) >= 11 is 0. The molecule has 3 rings (SSSR count). The molecule has 2 saturated heterocycles. The van der Waals surface area contributed by atoms with Crippen LogP contribution in [0, 0.1) is 23.2 Å². The Hall–Kier alpha value is -1.68. The molecule has 4 N–H and O–H groups in total. The first-order valence-electron chi connectivity index (χ1n) is 8.65. The first-order chi connectivity index (χ1) is 12.1. The molecule has 3 aliphatic rings. The molecule has 3 unspecified atom stereocenters. The number of nitrogens with two attached hydrogens (primary N) is 1. The standard InChI is InChI=1S/C16H22F3N3O4/c17-16(18,19)26-6-12(23)9(3-8-1-2-21-14(8)25)10-4-15(10)5-11(13(20)24)22-7-15/h8-11,22H,1-7H2,(H2,20,24)(H,21,25)/t8-,9-,10?,11?,15?/m0/s1. The third-order valence-electron chi connectivity index (χ3n) is 5.89. The van der Waals surface area contributed by atoms with Crippen molar-refractivity contribution in [3.8, 4) is 0 Å². The number of hydrogen-bond acceptors (Lipinski definition) is 5. The van der Waals surface area contributed by atoms with Gasteiger partial charge in [0.05, 0.1) is 6.04 Å². The van der Waals surface area contributed by atoms with Crippen LogP contribution in [0.2, 0.25) is 0 Å². The van der Waals surface area contributed by atoms with Crippen molar-refractivity contribution in [3.05, 3.63) is 0 Å². The molecular weight excluding hydrogens is 355 g/mol. The van der Waals surface area contributed by atoms with Crippen LogP contribution >= 0.6 is 0 Å².